The van der Waals surface area contributed by atoms with Crippen LogP contribution in [0.3, 0.4) is 0 Å². The van der Waals surface area contributed by atoms with Gasteiger partial charge in [0.2, 0.25) is 0 Å². The van der Waals surface area contributed by atoms with Crippen molar-refractivity contribution >= 4 is 0 Å². The number of hydrogen-bond donors (Lipinski definition) is 3. The molecule has 0 aliphatic heterocycles. The van der Waals surface area contributed by atoms with Crippen LogP contribution in [-0.4, -0.2) is 21.9 Å². The highest BCUT2D eigenvalue weighted by atomic mass is 16.3. The van der Waals surface area contributed by atoms with Crippen molar-refractivity contribution in [2.75, 3.05) is 6.61 Å². The monoisotopic (exact) mass is 258 g/mol. The van der Waals surface area contributed by atoms with Crippen LogP contribution in [0.25, 0.3) is 11.1 Å². The van der Waals surface area contributed by atoms with Gasteiger partial charge in [-0.05, 0) is 43.0 Å². The predicted molar refractivity (Wildman–Crippen MR) is 75.2 cm³/mol. The number of hydrogen-bond acceptors (Lipinski definition) is 3. The first-order valence-electron chi connectivity index (χ1n) is 6.43. The molecular weight excluding hydrogens is 240 g/mol. The van der Waals surface area contributed by atoms with E-state index in [0.717, 1.165) is 24.8 Å². The van der Waals surface area contributed by atoms with Gasteiger partial charge in [0.25, 0.3) is 0 Å². The minimum absolute atomic E-state index is 0.158. The third-order valence-corrected chi connectivity index (χ3v) is 3.13. The lowest BCUT2D eigenvalue weighted by Gasteiger charge is -2.09. The number of aliphatic hydroxyl groups is 1. The van der Waals surface area contributed by atoms with E-state index in [4.69, 9.17) is 5.11 Å². The molecule has 0 aliphatic rings. The summed E-state index contributed by atoms with van der Waals surface area (Å²) in [6, 6.07) is 12.4. The van der Waals surface area contributed by atoms with Crippen LogP contribution in [0.5, 0.6) is 11.5 Å². The van der Waals surface area contributed by atoms with E-state index in [9.17, 15) is 10.2 Å². The average Bonchev–Trinajstić information content (AvgIpc) is 2.42. The van der Waals surface area contributed by atoms with Crippen LogP contribution in [0.1, 0.15) is 18.4 Å². The molecule has 3 N–H and O–H groups in total. The van der Waals surface area contributed by atoms with Crippen molar-refractivity contribution in [3.8, 4) is 22.6 Å². The van der Waals surface area contributed by atoms with E-state index in [0.29, 0.717) is 11.1 Å². The van der Waals surface area contributed by atoms with E-state index in [1.807, 2.05) is 18.2 Å². The Morgan fingerprint density at radius 1 is 0.789 bits per heavy atom. The second-order valence-corrected chi connectivity index (χ2v) is 4.55. The van der Waals surface area contributed by atoms with Crippen molar-refractivity contribution in [2.45, 2.75) is 19.3 Å². The SMILES string of the molecule is OCCCCc1ccc(O)c(-c2ccccc2O)c1. The zero-order chi connectivity index (χ0) is 13.7. The van der Waals surface area contributed by atoms with Gasteiger partial charge < -0.3 is 15.3 Å². The van der Waals surface area contributed by atoms with Crippen LogP contribution < -0.4 is 0 Å². The average molecular weight is 258 g/mol. The summed E-state index contributed by atoms with van der Waals surface area (Å²) >= 11 is 0. The molecule has 0 aliphatic carbocycles. The molecule has 0 bridgehead atoms. The Morgan fingerprint density at radius 3 is 2.26 bits per heavy atom. The van der Waals surface area contributed by atoms with Crippen LogP contribution in [-0.2, 0) is 6.42 Å². The van der Waals surface area contributed by atoms with Crippen LogP contribution in [0.15, 0.2) is 42.5 Å². The molecule has 0 fully saturated rings. The van der Waals surface area contributed by atoms with Crippen molar-refractivity contribution in [3.05, 3.63) is 48.0 Å². The minimum atomic E-state index is 0.158. The highest BCUT2D eigenvalue weighted by Crippen LogP contribution is 2.35. The van der Waals surface area contributed by atoms with Gasteiger partial charge in [0, 0.05) is 17.7 Å². The zero-order valence-corrected chi connectivity index (χ0v) is 10.7. The fourth-order valence-corrected chi connectivity index (χ4v) is 2.10. The van der Waals surface area contributed by atoms with E-state index < -0.39 is 0 Å². The summed E-state index contributed by atoms with van der Waals surface area (Å²) < 4.78 is 0. The van der Waals surface area contributed by atoms with Gasteiger partial charge >= 0.3 is 0 Å². The summed E-state index contributed by atoms with van der Waals surface area (Å²) in [5, 5.41) is 28.6. The molecular formula is C16H18O3. The number of rotatable bonds is 5. The van der Waals surface area contributed by atoms with E-state index in [1.165, 1.54) is 0 Å². The Hall–Kier alpha value is -2.00. The van der Waals surface area contributed by atoms with Gasteiger partial charge in [-0.15, -0.1) is 0 Å². The summed E-state index contributed by atoms with van der Waals surface area (Å²) in [5.74, 6) is 0.317. The molecule has 0 saturated carbocycles. The van der Waals surface area contributed by atoms with Gasteiger partial charge in [0.05, 0.1) is 0 Å². The molecule has 0 radical (unpaired) electrons. The topological polar surface area (TPSA) is 60.7 Å². The van der Waals surface area contributed by atoms with E-state index in [1.54, 1.807) is 24.3 Å². The van der Waals surface area contributed by atoms with Gasteiger partial charge in [0.1, 0.15) is 11.5 Å². The molecule has 0 unspecified atom stereocenters. The van der Waals surface area contributed by atoms with Gasteiger partial charge in [-0.3, -0.25) is 0 Å². The Kier molecular flexibility index (Phi) is 4.42. The Morgan fingerprint density at radius 2 is 1.53 bits per heavy atom. The summed E-state index contributed by atoms with van der Waals surface area (Å²) in [6.45, 7) is 0.199. The first kappa shape index (κ1) is 13.4. The number of unbranched alkanes of at least 4 members (excludes halogenated alkanes) is 1. The van der Waals surface area contributed by atoms with Gasteiger partial charge in [-0.25, -0.2) is 0 Å². The molecule has 19 heavy (non-hydrogen) atoms. The maximum Gasteiger partial charge on any atom is 0.123 e. The molecule has 2 aromatic rings. The molecule has 0 spiro atoms. The molecule has 3 nitrogen and oxygen atoms in total. The van der Waals surface area contributed by atoms with Crippen molar-refractivity contribution < 1.29 is 15.3 Å². The summed E-state index contributed by atoms with van der Waals surface area (Å²) in [5.41, 5.74) is 2.35. The number of benzene rings is 2. The smallest absolute Gasteiger partial charge is 0.123 e. The largest absolute Gasteiger partial charge is 0.507 e. The minimum Gasteiger partial charge on any atom is -0.507 e. The molecule has 0 aromatic heterocycles. The first-order valence-corrected chi connectivity index (χ1v) is 6.43. The molecule has 2 aromatic carbocycles. The Balaban J connectivity index is 2.30. The third kappa shape index (κ3) is 3.26. The second kappa shape index (κ2) is 6.25. The number of phenols is 2. The fourth-order valence-electron chi connectivity index (χ4n) is 2.10. The molecule has 3 heteroatoms. The van der Waals surface area contributed by atoms with Gasteiger partial charge in [0.15, 0.2) is 0 Å². The van der Waals surface area contributed by atoms with E-state index >= 15 is 0 Å². The Bertz CT molecular complexity index is 549. The highest BCUT2D eigenvalue weighted by Gasteiger charge is 2.09. The third-order valence-electron chi connectivity index (χ3n) is 3.13. The zero-order valence-electron chi connectivity index (χ0n) is 10.7. The standard InChI is InChI=1S/C16H18O3/c17-10-4-3-5-12-8-9-16(19)14(11-12)13-6-1-2-7-15(13)18/h1-2,6-9,11,17-19H,3-5,10H2. The van der Waals surface area contributed by atoms with E-state index in [2.05, 4.69) is 0 Å². The summed E-state index contributed by atoms with van der Waals surface area (Å²) in [7, 11) is 0. The molecule has 100 valence electrons. The maximum atomic E-state index is 9.93. The van der Waals surface area contributed by atoms with Crippen LogP contribution >= 0.6 is 0 Å². The van der Waals surface area contributed by atoms with Gasteiger partial charge in [-0.1, -0.05) is 24.3 Å². The van der Waals surface area contributed by atoms with Crippen LogP contribution in [0.4, 0.5) is 0 Å². The highest BCUT2D eigenvalue weighted by molar-refractivity contribution is 5.75. The van der Waals surface area contributed by atoms with Crippen LogP contribution in [0.2, 0.25) is 0 Å². The van der Waals surface area contributed by atoms with Crippen LogP contribution in [0, 0.1) is 0 Å². The number of phenolic OH excluding ortho intramolecular Hbond substituents is 2. The number of aliphatic hydroxyl groups excluding tert-OH is 1. The quantitative estimate of drug-likeness (QED) is 0.722. The second-order valence-electron chi connectivity index (χ2n) is 4.55. The summed E-state index contributed by atoms with van der Waals surface area (Å²) in [6.07, 6.45) is 2.52. The molecule has 0 saturated heterocycles. The molecule has 0 atom stereocenters. The maximum absolute atomic E-state index is 9.93. The van der Waals surface area contributed by atoms with Crippen molar-refractivity contribution in [1.29, 1.82) is 0 Å². The predicted octanol–water partition coefficient (Wildman–Crippen LogP) is 3.08. The fraction of sp³-hybridized carbons (Fsp3) is 0.250. The number of aryl methyl sites for hydroxylation is 1. The lowest BCUT2D eigenvalue weighted by atomic mass is 9.99. The molecule has 2 rings (SSSR count). The number of para-hydroxylation sites is 1. The lowest BCUT2D eigenvalue weighted by Crippen LogP contribution is -1.90. The van der Waals surface area contributed by atoms with E-state index in [-0.39, 0.29) is 18.1 Å². The van der Waals surface area contributed by atoms with Gasteiger partial charge in [-0.2, -0.15) is 0 Å². The Labute approximate surface area is 112 Å². The van der Waals surface area contributed by atoms with Crippen molar-refractivity contribution in [3.63, 3.8) is 0 Å². The number of aromatic hydroxyl groups is 2. The molecule has 0 heterocycles. The molecule has 0 amide bonds. The first-order chi connectivity index (χ1) is 9.22. The van der Waals surface area contributed by atoms with Crippen molar-refractivity contribution in [2.24, 2.45) is 0 Å². The normalized spacial score (nSPS) is 10.6. The van der Waals surface area contributed by atoms with Crippen molar-refractivity contribution in [1.82, 2.24) is 0 Å². The summed E-state index contributed by atoms with van der Waals surface area (Å²) in [4.78, 5) is 0. The lowest BCUT2D eigenvalue weighted by molar-refractivity contribution is 0.284.